The van der Waals surface area contributed by atoms with Crippen LogP contribution in [0.2, 0.25) is 0 Å². The first-order chi connectivity index (χ1) is 10.0. The van der Waals surface area contributed by atoms with Crippen LogP contribution in [0.25, 0.3) is 0 Å². The lowest BCUT2D eigenvalue weighted by atomic mass is 9.76. The van der Waals surface area contributed by atoms with Crippen LogP contribution in [0, 0.1) is 0 Å². The van der Waals surface area contributed by atoms with Crippen LogP contribution in [-0.4, -0.2) is 35.0 Å². The number of hydrogen-bond acceptors (Lipinski definition) is 3. The Balaban J connectivity index is 1.75. The molecular formula is C15H18N2O4. The maximum atomic E-state index is 11.8. The topological polar surface area (TPSA) is 95.5 Å². The van der Waals surface area contributed by atoms with Gasteiger partial charge >= 0.3 is 5.97 Å². The van der Waals surface area contributed by atoms with E-state index in [9.17, 15) is 14.4 Å². The SMILES string of the molecule is O=C(CCNC(=O)c1ccccc1)NC1(C(=O)O)CCC1. The zero-order valence-corrected chi connectivity index (χ0v) is 11.6. The summed E-state index contributed by atoms with van der Waals surface area (Å²) in [4.78, 5) is 34.6. The number of aliphatic carboxylic acids is 1. The van der Waals surface area contributed by atoms with Crippen LogP contribution in [0.15, 0.2) is 30.3 Å². The van der Waals surface area contributed by atoms with Crippen LogP contribution < -0.4 is 10.6 Å². The van der Waals surface area contributed by atoms with E-state index >= 15 is 0 Å². The van der Waals surface area contributed by atoms with Crippen LogP contribution in [-0.2, 0) is 9.59 Å². The number of nitrogens with one attached hydrogen (secondary N) is 2. The van der Waals surface area contributed by atoms with E-state index in [0.29, 0.717) is 18.4 Å². The number of carbonyl (C=O) groups excluding carboxylic acids is 2. The van der Waals surface area contributed by atoms with Gasteiger partial charge in [0.15, 0.2) is 0 Å². The Morgan fingerprint density at radius 1 is 1.14 bits per heavy atom. The Bertz CT molecular complexity index is 538. The third kappa shape index (κ3) is 3.59. The predicted octanol–water partition coefficient (Wildman–Crippen LogP) is 0.930. The summed E-state index contributed by atoms with van der Waals surface area (Å²) in [5.74, 6) is -1.60. The summed E-state index contributed by atoms with van der Waals surface area (Å²) in [5, 5.41) is 14.3. The molecule has 2 rings (SSSR count). The molecule has 0 aromatic heterocycles. The minimum absolute atomic E-state index is 0.0631. The lowest BCUT2D eigenvalue weighted by Crippen LogP contribution is -2.59. The fourth-order valence-electron chi connectivity index (χ4n) is 2.23. The molecule has 1 aromatic rings. The highest BCUT2D eigenvalue weighted by molar-refractivity contribution is 5.94. The molecule has 0 atom stereocenters. The molecule has 1 aromatic carbocycles. The predicted molar refractivity (Wildman–Crippen MR) is 75.8 cm³/mol. The second-order valence-electron chi connectivity index (χ2n) is 5.16. The summed E-state index contributed by atoms with van der Waals surface area (Å²) in [7, 11) is 0. The summed E-state index contributed by atoms with van der Waals surface area (Å²) >= 11 is 0. The van der Waals surface area contributed by atoms with Gasteiger partial charge in [0.2, 0.25) is 5.91 Å². The van der Waals surface area contributed by atoms with Gasteiger partial charge in [0, 0.05) is 18.5 Å². The van der Waals surface area contributed by atoms with Gasteiger partial charge in [-0.3, -0.25) is 9.59 Å². The fraction of sp³-hybridized carbons (Fsp3) is 0.400. The van der Waals surface area contributed by atoms with Crippen molar-refractivity contribution >= 4 is 17.8 Å². The molecule has 1 fully saturated rings. The van der Waals surface area contributed by atoms with Gasteiger partial charge in [-0.1, -0.05) is 18.2 Å². The fourth-order valence-corrected chi connectivity index (χ4v) is 2.23. The number of carboxylic acids is 1. The average Bonchev–Trinajstić information content (AvgIpc) is 2.43. The zero-order valence-electron chi connectivity index (χ0n) is 11.6. The Labute approximate surface area is 122 Å². The zero-order chi connectivity index (χ0) is 15.3. The monoisotopic (exact) mass is 290 g/mol. The van der Waals surface area contributed by atoms with Crippen molar-refractivity contribution in [2.75, 3.05) is 6.54 Å². The molecule has 0 radical (unpaired) electrons. The third-order valence-electron chi connectivity index (χ3n) is 3.67. The number of benzene rings is 1. The molecule has 0 unspecified atom stereocenters. The van der Waals surface area contributed by atoms with Crippen LogP contribution >= 0.6 is 0 Å². The highest BCUT2D eigenvalue weighted by atomic mass is 16.4. The van der Waals surface area contributed by atoms with Gasteiger partial charge in [0.1, 0.15) is 5.54 Å². The first-order valence-corrected chi connectivity index (χ1v) is 6.91. The number of hydrogen-bond donors (Lipinski definition) is 3. The molecule has 0 bridgehead atoms. The first-order valence-electron chi connectivity index (χ1n) is 6.91. The second kappa shape index (κ2) is 6.39. The Morgan fingerprint density at radius 3 is 2.33 bits per heavy atom. The summed E-state index contributed by atoms with van der Waals surface area (Å²) in [6, 6.07) is 8.70. The highest BCUT2D eigenvalue weighted by Gasteiger charge is 2.45. The molecule has 0 spiro atoms. The van der Waals surface area contributed by atoms with E-state index in [0.717, 1.165) is 6.42 Å². The van der Waals surface area contributed by atoms with Crippen molar-refractivity contribution in [2.45, 2.75) is 31.2 Å². The van der Waals surface area contributed by atoms with Crippen LogP contribution in [0.1, 0.15) is 36.0 Å². The maximum Gasteiger partial charge on any atom is 0.329 e. The molecule has 21 heavy (non-hydrogen) atoms. The standard InChI is InChI=1S/C15H18N2O4/c18-12(17-15(14(20)21)8-4-9-15)7-10-16-13(19)11-5-2-1-3-6-11/h1-3,5-6H,4,7-10H2,(H,16,19)(H,17,18)(H,20,21). The molecule has 2 amide bonds. The molecule has 3 N–H and O–H groups in total. The van der Waals surface area contributed by atoms with E-state index in [-0.39, 0.29) is 24.8 Å². The van der Waals surface area contributed by atoms with Gasteiger partial charge in [-0.15, -0.1) is 0 Å². The Kier molecular flexibility index (Phi) is 4.57. The van der Waals surface area contributed by atoms with Crippen LogP contribution in [0.5, 0.6) is 0 Å². The lowest BCUT2D eigenvalue weighted by Gasteiger charge is -2.38. The number of rotatable bonds is 6. The van der Waals surface area contributed by atoms with Gasteiger partial charge in [-0.2, -0.15) is 0 Å². The smallest absolute Gasteiger partial charge is 0.329 e. The Hall–Kier alpha value is -2.37. The minimum atomic E-state index is -1.10. The van der Waals surface area contributed by atoms with Crippen molar-refractivity contribution in [2.24, 2.45) is 0 Å². The molecule has 0 saturated heterocycles. The van der Waals surface area contributed by atoms with Crippen LogP contribution in [0.3, 0.4) is 0 Å². The molecule has 1 aliphatic carbocycles. The largest absolute Gasteiger partial charge is 0.480 e. The minimum Gasteiger partial charge on any atom is -0.480 e. The molecular weight excluding hydrogens is 272 g/mol. The van der Waals surface area contributed by atoms with Crippen LogP contribution in [0.4, 0.5) is 0 Å². The number of carbonyl (C=O) groups is 3. The van der Waals surface area contributed by atoms with Crippen molar-refractivity contribution in [1.29, 1.82) is 0 Å². The summed E-state index contributed by atoms with van der Waals surface area (Å²) in [6.07, 6.45) is 1.79. The van der Waals surface area contributed by atoms with Crippen molar-refractivity contribution in [3.63, 3.8) is 0 Å². The maximum absolute atomic E-state index is 11.8. The van der Waals surface area contributed by atoms with E-state index in [1.54, 1.807) is 24.3 Å². The van der Waals surface area contributed by atoms with E-state index < -0.39 is 11.5 Å². The second-order valence-corrected chi connectivity index (χ2v) is 5.16. The highest BCUT2D eigenvalue weighted by Crippen LogP contribution is 2.31. The van der Waals surface area contributed by atoms with E-state index in [1.165, 1.54) is 0 Å². The number of amides is 2. The molecule has 6 heteroatoms. The van der Waals surface area contributed by atoms with Gasteiger partial charge in [0.25, 0.3) is 5.91 Å². The van der Waals surface area contributed by atoms with Crippen molar-refractivity contribution in [3.8, 4) is 0 Å². The summed E-state index contributed by atoms with van der Waals surface area (Å²) in [6.45, 7) is 0.176. The molecule has 1 saturated carbocycles. The van der Waals surface area contributed by atoms with Crippen molar-refractivity contribution in [3.05, 3.63) is 35.9 Å². The molecule has 0 aliphatic heterocycles. The Morgan fingerprint density at radius 2 is 1.81 bits per heavy atom. The van der Waals surface area contributed by atoms with Crippen molar-refractivity contribution in [1.82, 2.24) is 10.6 Å². The van der Waals surface area contributed by atoms with Gasteiger partial charge in [0.05, 0.1) is 0 Å². The van der Waals surface area contributed by atoms with Gasteiger partial charge in [-0.25, -0.2) is 4.79 Å². The van der Waals surface area contributed by atoms with Gasteiger partial charge < -0.3 is 15.7 Å². The quantitative estimate of drug-likeness (QED) is 0.726. The normalized spacial score (nSPS) is 15.6. The molecule has 6 nitrogen and oxygen atoms in total. The van der Waals surface area contributed by atoms with E-state index in [1.807, 2.05) is 6.07 Å². The molecule has 0 heterocycles. The van der Waals surface area contributed by atoms with Crippen molar-refractivity contribution < 1.29 is 19.5 Å². The summed E-state index contributed by atoms with van der Waals surface area (Å²) < 4.78 is 0. The third-order valence-corrected chi connectivity index (χ3v) is 3.67. The number of carboxylic acid groups (broad SMARTS) is 1. The average molecular weight is 290 g/mol. The van der Waals surface area contributed by atoms with Gasteiger partial charge in [-0.05, 0) is 31.4 Å². The summed E-state index contributed by atoms with van der Waals surface area (Å²) in [5.41, 5.74) is -0.570. The van der Waals surface area contributed by atoms with E-state index in [4.69, 9.17) is 5.11 Å². The molecule has 1 aliphatic rings. The lowest BCUT2D eigenvalue weighted by molar-refractivity contribution is -0.151. The first kappa shape index (κ1) is 15.0. The van der Waals surface area contributed by atoms with E-state index in [2.05, 4.69) is 10.6 Å². The molecule has 112 valence electrons.